The van der Waals surface area contributed by atoms with Crippen molar-refractivity contribution in [2.75, 3.05) is 26.9 Å². The molecule has 2 atom stereocenters. The number of nitrogens with one attached hydrogen (secondary N) is 1. The van der Waals surface area contributed by atoms with E-state index < -0.39 is 0 Å². The van der Waals surface area contributed by atoms with E-state index in [-0.39, 0.29) is 5.60 Å². The van der Waals surface area contributed by atoms with Gasteiger partial charge in [-0.3, -0.25) is 0 Å². The number of hydrogen-bond acceptors (Lipinski definition) is 3. The quantitative estimate of drug-likeness (QED) is 0.726. The van der Waals surface area contributed by atoms with Gasteiger partial charge in [-0.25, -0.2) is 0 Å². The second-order valence-corrected chi connectivity index (χ2v) is 5.29. The molecule has 0 aliphatic carbocycles. The molecule has 0 aromatic heterocycles. The molecule has 3 nitrogen and oxygen atoms in total. The van der Waals surface area contributed by atoms with Gasteiger partial charge < -0.3 is 14.8 Å². The summed E-state index contributed by atoms with van der Waals surface area (Å²) >= 11 is 0. The van der Waals surface area contributed by atoms with E-state index in [2.05, 4.69) is 26.1 Å². The van der Waals surface area contributed by atoms with Gasteiger partial charge in [-0.1, -0.05) is 6.92 Å². The molecule has 1 rings (SSSR count). The number of rotatable bonds is 7. The van der Waals surface area contributed by atoms with Crippen LogP contribution >= 0.6 is 0 Å². The van der Waals surface area contributed by atoms with E-state index in [0.29, 0.717) is 12.0 Å². The fourth-order valence-corrected chi connectivity index (χ4v) is 2.24. The molecule has 0 saturated carbocycles. The lowest BCUT2D eigenvalue weighted by molar-refractivity contribution is 0.01000. The summed E-state index contributed by atoms with van der Waals surface area (Å²) in [6.07, 6.45) is 3.46. The molecule has 0 aromatic rings. The Hall–Kier alpha value is -0.120. The third-order valence-electron chi connectivity index (χ3n) is 3.61. The van der Waals surface area contributed by atoms with Crippen LogP contribution in [0.1, 0.15) is 40.0 Å². The largest absolute Gasteiger partial charge is 0.381 e. The van der Waals surface area contributed by atoms with Crippen molar-refractivity contribution in [3.63, 3.8) is 0 Å². The summed E-state index contributed by atoms with van der Waals surface area (Å²) in [6, 6.07) is 0.585. The van der Waals surface area contributed by atoms with Crippen LogP contribution in [0.15, 0.2) is 0 Å². The second-order valence-electron chi connectivity index (χ2n) is 5.29. The maximum Gasteiger partial charge on any atom is 0.0623 e. The van der Waals surface area contributed by atoms with E-state index in [4.69, 9.17) is 9.47 Å². The fraction of sp³-hybridized carbons (Fsp3) is 1.00. The highest BCUT2D eigenvalue weighted by molar-refractivity contribution is 4.82. The minimum atomic E-state index is -0.00681. The van der Waals surface area contributed by atoms with Crippen molar-refractivity contribution in [3.8, 4) is 0 Å². The Morgan fingerprint density at radius 1 is 1.50 bits per heavy atom. The maximum absolute atomic E-state index is 5.47. The van der Waals surface area contributed by atoms with Crippen LogP contribution in [0, 0.1) is 5.92 Å². The van der Waals surface area contributed by atoms with Gasteiger partial charge in [-0.05, 0) is 45.6 Å². The van der Waals surface area contributed by atoms with Gasteiger partial charge in [-0.2, -0.15) is 0 Å². The third-order valence-corrected chi connectivity index (χ3v) is 3.61. The average molecular weight is 229 g/mol. The molecule has 1 N–H and O–H groups in total. The molecule has 1 heterocycles. The maximum atomic E-state index is 5.47. The Kier molecular flexibility index (Phi) is 5.73. The van der Waals surface area contributed by atoms with Crippen LogP contribution < -0.4 is 5.32 Å². The monoisotopic (exact) mass is 229 g/mol. The molecule has 0 aromatic carbocycles. The van der Waals surface area contributed by atoms with Crippen molar-refractivity contribution >= 4 is 0 Å². The van der Waals surface area contributed by atoms with Crippen molar-refractivity contribution in [2.24, 2.45) is 5.92 Å². The van der Waals surface area contributed by atoms with Gasteiger partial charge in [0.1, 0.15) is 0 Å². The first-order chi connectivity index (χ1) is 7.59. The zero-order chi connectivity index (χ0) is 12.0. The van der Waals surface area contributed by atoms with Gasteiger partial charge in [0.15, 0.2) is 0 Å². The predicted molar refractivity (Wildman–Crippen MR) is 66.7 cm³/mol. The van der Waals surface area contributed by atoms with Crippen LogP contribution in [0.3, 0.4) is 0 Å². The Labute approximate surface area is 99.9 Å². The van der Waals surface area contributed by atoms with Crippen LogP contribution in [0.5, 0.6) is 0 Å². The van der Waals surface area contributed by atoms with Gasteiger partial charge >= 0.3 is 0 Å². The average Bonchev–Trinajstić information content (AvgIpc) is 2.77. The van der Waals surface area contributed by atoms with Crippen molar-refractivity contribution in [1.82, 2.24) is 5.32 Å². The van der Waals surface area contributed by atoms with Gasteiger partial charge in [0.25, 0.3) is 0 Å². The van der Waals surface area contributed by atoms with Gasteiger partial charge in [0.2, 0.25) is 0 Å². The molecule has 96 valence electrons. The van der Waals surface area contributed by atoms with Crippen molar-refractivity contribution < 1.29 is 9.47 Å². The van der Waals surface area contributed by atoms with Crippen molar-refractivity contribution in [2.45, 2.75) is 51.7 Å². The highest BCUT2D eigenvalue weighted by atomic mass is 16.5. The number of methoxy groups -OCH3 is 1. The zero-order valence-electron chi connectivity index (χ0n) is 11.2. The molecule has 0 radical (unpaired) electrons. The molecule has 0 bridgehead atoms. The summed E-state index contributed by atoms with van der Waals surface area (Å²) in [4.78, 5) is 0. The minimum Gasteiger partial charge on any atom is -0.381 e. The Morgan fingerprint density at radius 3 is 2.75 bits per heavy atom. The summed E-state index contributed by atoms with van der Waals surface area (Å²) in [6.45, 7) is 9.37. The van der Waals surface area contributed by atoms with Gasteiger partial charge in [0, 0.05) is 19.8 Å². The van der Waals surface area contributed by atoms with E-state index in [9.17, 15) is 0 Å². The van der Waals surface area contributed by atoms with E-state index in [0.717, 1.165) is 26.2 Å². The van der Waals surface area contributed by atoms with Crippen LogP contribution in [0.4, 0.5) is 0 Å². The standard InChI is InChI=1S/C13H27NO2/c1-5-14-12(11-7-9-16-10-11)6-8-13(2,3)15-4/h11-12,14H,5-10H2,1-4H3. The second kappa shape index (κ2) is 6.58. The van der Waals surface area contributed by atoms with Gasteiger partial charge in [0.05, 0.1) is 12.2 Å². The molecule has 0 spiro atoms. The summed E-state index contributed by atoms with van der Waals surface area (Å²) in [5.74, 6) is 0.688. The van der Waals surface area contributed by atoms with E-state index >= 15 is 0 Å². The molecule has 16 heavy (non-hydrogen) atoms. The fourth-order valence-electron chi connectivity index (χ4n) is 2.24. The lowest BCUT2D eigenvalue weighted by Gasteiger charge is -2.28. The van der Waals surface area contributed by atoms with Crippen molar-refractivity contribution in [1.29, 1.82) is 0 Å². The van der Waals surface area contributed by atoms with Crippen LogP contribution in [-0.4, -0.2) is 38.5 Å². The molecular weight excluding hydrogens is 202 g/mol. The van der Waals surface area contributed by atoms with Crippen molar-refractivity contribution in [3.05, 3.63) is 0 Å². The predicted octanol–water partition coefficient (Wildman–Crippen LogP) is 2.21. The summed E-state index contributed by atoms with van der Waals surface area (Å²) < 4.78 is 10.9. The molecule has 1 saturated heterocycles. The van der Waals surface area contributed by atoms with E-state index in [1.807, 2.05) is 0 Å². The zero-order valence-corrected chi connectivity index (χ0v) is 11.2. The topological polar surface area (TPSA) is 30.5 Å². The van der Waals surface area contributed by atoms with E-state index in [1.54, 1.807) is 7.11 Å². The molecular formula is C13H27NO2. The minimum absolute atomic E-state index is 0.00681. The van der Waals surface area contributed by atoms with Gasteiger partial charge in [-0.15, -0.1) is 0 Å². The lowest BCUT2D eigenvalue weighted by Crippen LogP contribution is -2.38. The Balaban J connectivity index is 2.38. The molecule has 1 aliphatic heterocycles. The normalized spacial score (nSPS) is 23.6. The molecule has 0 amide bonds. The smallest absolute Gasteiger partial charge is 0.0623 e. The molecule has 2 unspecified atom stereocenters. The molecule has 3 heteroatoms. The SMILES string of the molecule is CCNC(CCC(C)(C)OC)C1CCOC1. The number of hydrogen-bond donors (Lipinski definition) is 1. The van der Waals surface area contributed by atoms with E-state index in [1.165, 1.54) is 12.8 Å². The summed E-state index contributed by atoms with van der Waals surface area (Å²) in [5, 5.41) is 3.59. The lowest BCUT2D eigenvalue weighted by atomic mass is 9.90. The van der Waals surface area contributed by atoms with Crippen LogP contribution in [0.25, 0.3) is 0 Å². The highest BCUT2D eigenvalue weighted by Crippen LogP contribution is 2.24. The third kappa shape index (κ3) is 4.40. The Morgan fingerprint density at radius 2 is 2.25 bits per heavy atom. The first kappa shape index (κ1) is 13.9. The summed E-state index contributed by atoms with van der Waals surface area (Å²) in [5.41, 5.74) is -0.00681. The highest BCUT2D eigenvalue weighted by Gasteiger charge is 2.27. The molecule has 1 fully saturated rings. The van der Waals surface area contributed by atoms with Crippen LogP contribution in [0.2, 0.25) is 0 Å². The first-order valence-corrected chi connectivity index (χ1v) is 6.45. The molecule has 1 aliphatic rings. The van der Waals surface area contributed by atoms with Crippen LogP contribution in [-0.2, 0) is 9.47 Å². The Bertz CT molecular complexity index is 188. The number of ether oxygens (including phenoxy) is 2. The first-order valence-electron chi connectivity index (χ1n) is 6.45. The summed E-state index contributed by atoms with van der Waals surface area (Å²) in [7, 11) is 1.79.